The molecule has 0 aliphatic carbocycles. The van der Waals surface area contributed by atoms with Gasteiger partial charge >= 0.3 is 7.12 Å². The lowest BCUT2D eigenvalue weighted by Gasteiger charge is -2.32. The molecule has 1 saturated heterocycles. The summed E-state index contributed by atoms with van der Waals surface area (Å²) in [5.41, 5.74) is 6.13. The molecule has 0 amide bonds. The third-order valence-electron chi connectivity index (χ3n) is 3.84. The van der Waals surface area contributed by atoms with Crippen molar-refractivity contribution in [2.24, 2.45) is 0 Å². The molecular formula is C13H19BN2O3. The zero-order valence-electron chi connectivity index (χ0n) is 12.0. The average Bonchev–Trinajstić information content (AvgIpc) is 2.47. The van der Waals surface area contributed by atoms with Crippen LogP contribution in [0.2, 0.25) is 0 Å². The number of hydrogen-bond donors (Lipinski definition) is 1. The Morgan fingerprint density at radius 3 is 2.26 bits per heavy atom. The van der Waals surface area contributed by atoms with Gasteiger partial charge in [-0.1, -0.05) is 0 Å². The summed E-state index contributed by atoms with van der Waals surface area (Å²) in [4.78, 5) is 16.0. The molecule has 1 aliphatic heterocycles. The minimum Gasteiger partial charge on any atom is -0.398 e. The normalized spacial score (nSPS) is 20.6. The van der Waals surface area contributed by atoms with E-state index in [9.17, 15) is 4.79 Å². The van der Waals surface area contributed by atoms with Crippen molar-refractivity contribution in [1.82, 2.24) is 4.98 Å². The molecule has 1 aromatic rings. The molecule has 19 heavy (non-hydrogen) atoms. The van der Waals surface area contributed by atoms with Gasteiger partial charge in [0, 0.05) is 11.9 Å². The Kier molecular flexibility index (Phi) is 3.19. The summed E-state index contributed by atoms with van der Waals surface area (Å²) in [5, 5.41) is 0. The fourth-order valence-corrected chi connectivity index (χ4v) is 2.01. The van der Waals surface area contributed by atoms with Crippen molar-refractivity contribution in [1.29, 1.82) is 0 Å². The summed E-state index contributed by atoms with van der Waals surface area (Å²) >= 11 is 0. The van der Waals surface area contributed by atoms with E-state index in [1.54, 1.807) is 12.3 Å². The fraction of sp³-hybridized carbons (Fsp3) is 0.538. The first-order chi connectivity index (χ1) is 8.66. The van der Waals surface area contributed by atoms with Crippen LogP contribution in [-0.2, 0) is 9.31 Å². The number of nitrogens with two attached hydrogens (primary N) is 1. The predicted molar refractivity (Wildman–Crippen MR) is 74.4 cm³/mol. The molecule has 1 aliphatic rings. The molecule has 0 radical (unpaired) electrons. The van der Waals surface area contributed by atoms with Crippen molar-refractivity contribution in [2.45, 2.75) is 45.8 Å². The molecular weight excluding hydrogens is 243 g/mol. The van der Waals surface area contributed by atoms with E-state index in [0.29, 0.717) is 16.8 Å². The zero-order valence-corrected chi connectivity index (χ0v) is 12.0. The Labute approximate surface area is 113 Å². The van der Waals surface area contributed by atoms with Gasteiger partial charge in [-0.3, -0.25) is 9.78 Å². The highest BCUT2D eigenvalue weighted by Gasteiger charge is 2.53. The Hall–Kier alpha value is -1.40. The van der Waals surface area contributed by atoms with Crippen molar-refractivity contribution in [3.05, 3.63) is 17.8 Å². The number of Topliss-reactive ketones (excluding diaryl/α,β-unsaturated/α-hetero) is 1. The summed E-state index contributed by atoms with van der Waals surface area (Å²) in [7, 11) is -0.674. The molecule has 1 fully saturated rings. The number of carbonyl (C=O) groups excluding carboxylic acids is 1. The van der Waals surface area contributed by atoms with Gasteiger partial charge in [0.2, 0.25) is 0 Å². The van der Waals surface area contributed by atoms with Gasteiger partial charge in [0.05, 0.1) is 22.4 Å². The predicted octanol–water partition coefficient (Wildman–Crippen LogP) is 1.17. The Morgan fingerprint density at radius 1 is 1.26 bits per heavy atom. The van der Waals surface area contributed by atoms with E-state index in [1.165, 1.54) is 6.92 Å². The Balaban J connectivity index is 2.46. The summed E-state index contributed by atoms with van der Waals surface area (Å²) in [5.74, 6) is -0.143. The molecule has 0 unspecified atom stereocenters. The van der Waals surface area contributed by atoms with Gasteiger partial charge in [-0.15, -0.1) is 0 Å². The summed E-state index contributed by atoms with van der Waals surface area (Å²) in [6, 6.07) is 1.60. The largest absolute Gasteiger partial charge is 0.515 e. The maximum atomic E-state index is 11.7. The first-order valence-electron chi connectivity index (χ1n) is 6.26. The number of nitrogens with zero attached hydrogens (tertiary/aromatic N) is 1. The van der Waals surface area contributed by atoms with E-state index >= 15 is 0 Å². The molecule has 0 spiro atoms. The standard InChI is InChI=1S/C13H19BN2O3/c1-8(17)10-9(15)6-7-16-11(10)14-18-12(2,3)13(4,5)19-14/h6-7H,1-5H3,(H2,15,16). The second-order valence-electron chi connectivity index (χ2n) is 5.80. The molecule has 6 heteroatoms. The summed E-state index contributed by atoms with van der Waals surface area (Å²) < 4.78 is 11.8. The van der Waals surface area contributed by atoms with Crippen LogP contribution in [0.5, 0.6) is 0 Å². The van der Waals surface area contributed by atoms with Crippen LogP contribution in [0.4, 0.5) is 5.69 Å². The van der Waals surface area contributed by atoms with E-state index in [1.807, 2.05) is 27.7 Å². The maximum absolute atomic E-state index is 11.7. The van der Waals surface area contributed by atoms with Crippen molar-refractivity contribution in [2.75, 3.05) is 5.73 Å². The third-order valence-corrected chi connectivity index (χ3v) is 3.84. The summed E-state index contributed by atoms with van der Waals surface area (Å²) in [6.07, 6.45) is 1.56. The molecule has 2 rings (SSSR count). The van der Waals surface area contributed by atoms with Gasteiger partial charge in [-0.2, -0.15) is 0 Å². The number of aromatic nitrogens is 1. The van der Waals surface area contributed by atoms with Crippen LogP contribution >= 0.6 is 0 Å². The molecule has 0 atom stereocenters. The Morgan fingerprint density at radius 2 is 1.79 bits per heavy atom. The van der Waals surface area contributed by atoms with E-state index in [-0.39, 0.29) is 5.78 Å². The summed E-state index contributed by atoms with van der Waals surface area (Å²) in [6.45, 7) is 9.26. The van der Waals surface area contributed by atoms with E-state index in [2.05, 4.69) is 4.98 Å². The van der Waals surface area contributed by atoms with E-state index < -0.39 is 18.3 Å². The van der Waals surface area contributed by atoms with Gasteiger partial charge in [0.15, 0.2) is 5.78 Å². The average molecular weight is 262 g/mol. The van der Waals surface area contributed by atoms with Gasteiger partial charge in [0.25, 0.3) is 0 Å². The molecule has 2 heterocycles. The number of pyridine rings is 1. The van der Waals surface area contributed by atoms with Gasteiger partial charge in [0.1, 0.15) is 0 Å². The fourth-order valence-electron chi connectivity index (χ4n) is 2.01. The van der Waals surface area contributed by atoms with Crippen LogP contribution < -0.4 is 11.3 Å². The lowest BCUT2D eigenvalue weighted by Crippen LogP contribution is -2.41. The molecule has 5 nitrogen and oxygen atoms in total. The van der Waals surface area contributed by atoms with Crippen molar-refractivity contribution in [3.8, 4) is 0 Å². The third kappa shape index (κ3) is 2.26. The topological polar surface area (TPSA) is 74.4 Å². The van der Waals surface area contributed by atoms with Gasteiger partial charge in [-0.05, 0) is 40.7 Å². The molecule has 0 saturated carbocycles. The molecule has 1 aromatic heterocycles. The minimum absolute atomic E-state index is 0.143. The molecule has 2 N–H and O–H groups in total. The number of anilines is 1. The number of ketones is 1. The van der Waals surface area contributed by atoms with Crippen LogP contribution in [-0.4, -0.2) is 29.1 Å². The lowest BCUT2D eigenvalue weighted by molar-refractivity contribution is 0.00578. The second-order valence-corrected chi connectivity index (χ2v) is 5.80. The smallest absolute Gasteiger partial charge is 0.398 e. The maximum Gasteiger partial charge on any atom is 0.515 e. The van der Waals surface area contributed by atoms with Crippen molar-refractivity contribution in [3.63, 3.8) is 0 Å². The Bertz CT molecular complexity index is 513. The molecule has 102 valence electrons. The van der Waals surface area contributed by atoms with E-state index in [0.717, 1.165) is 0 Å². The highest BCUT2D eigenvalue weighted by atomic mass is 16.7. The number of hydrogen-bond acceptors (Lipinski definition) is 5. The van der Waals surface area contributed by atoms with E-state index in [4.69, 9.17) is 15.0 Å². The number of carbonyl (C=O) groups is 1. The minimum atomic E-state index is -0.674. The number of nitrogen functional groups attached to an aromatic ring is 1. The number of rotatable bonds is 2. The van der Waals surface area contributed by atoms with Crippen LogP contribution in [0.3, 0.4) is 0 Å². The zero-order chi connectivity index (χ0) is 14.4. The molecule has 0 aromatic carbocycles. The van der Waals surface area contributed by atoms with Crippen molar-refractivity contribution >= 4 is 24.2 Å². The van der Waals surface area contributed by atoms with Crippen LogP contribution in [0.25, 0.3) is 0 Å². The van der Waals surface area contributed by atoms with Gasteiger partial charge in [-0.25, -0.2) is 0 Å². The quantitative estimate of drug-likeness (QED) is 0.639. The van der Waals surface area contributed by atoms with Crippen LogP contribution in [0, 0.1) is 0 Å². The van der Waals surface area contributed by atoms with Crippen LogP contribution in [0.1, 0.15) is 45.0 Å². The molecule has 0 bridgehead atoms. The highest BCUT2D eigenvalue weighted by Crippen LogP contribution is 2.36. The van der Waals surface area contributed by atoms with Crippen molar-refractivity contribution < 1.29 is 14.1 Å². The van der Waals surface area contributed by atoms with Gasteiger partial charge < -0.3 is 15.0 Å². The first kappa shape index (κ1) is 14.0. The first-order valence-corrected chi connectivity index (χ1v) is 6.26. The monoisotopic (exact) mass is 262 g/mol. The second kappa shape index (κ2) is 4.32. The lowest BCUT2D eigenvalue weighted by atomic mass is 9.79. The van der Waals surface area contributed by atoms with Crippen LogP contribution in [0.15, 0.2) is 12.3 Å². The SMILES string of the molecule is CC(=O)c1c(N)ccnc1B1OC(C)(C)C(C)(C)O1. The highest BCUT2D eigenvalue weighted by molar-refractivity contribution is 6.63.